The van der Waals surface area contributed by atoms with Crippen LogP contribution >= 0.6 is 11.3 Å². The molecule has 0 saturated carbocycles. The highest BCUT2D eigenvalue weighted by atomic mass is 32.2. The lowest BCUT2D eigenvalue weighted by molar-refractivity contribution is -0.117. The third-order valence-corrected chi connectivity index (χ3v) is 6.85. The second kappa shape index (κ2) is 9.08. The molecule has 2 heterocycles. The molecule has 0 spiro atoms. The van der Waals surface area contributed by atoms with Crippen LogP contribution in [-0.2, 0) is 21.4 Å². The van der Waals surface area contributed by atoms with E-state index in [1.54, 1.807) is 0 Å². The van der Waals surface area contributed by atoms with Crippen LogP contribution in [0.15, 0.2) is 34.5 Å². The van der Waals surface area contributed by atoms with Crippen LogP contribution in [0, 0.1) is 5.82 Å². The summed E-state index contributed by atoms with van der Waals surface area (Å²) in [4.78, 5) is 18.6. The third kappa shape index (κ3) is 5.34. The zero-order chi connectivity index (χ0) is 20.1. The van der Waals surface area contributed by atoms with Gasteiger partial charge in [0.1, 0.15) is 10.7 Å². The summed E-state index contributed by atoms with van der Waals surface area (Å²) in [7, 11) is -4.15. The molecule has 0 bridgehead atoms. The van der Waals surface area contributed by atoms with Gasteiger partial charge in [0.25, 0.3) is 0 Å². The second-order valence-electron chi connectivity index (χ2n) is 6.74. The first-order valence-corrected chi connectivity index (χ1v) is 11.5. The number of nitrogens with one attached hydrogen (secondary N) is 2. The van der Waals surface area contributed by atoms with E-state index in [1.165, 1.54) is 49.7 Å². The van der Waals surface area contributed by atoms with E-state index in [9.17, 15) is 17.6 Å². The molecule has 1 saturated heterocycles. The van der Waals surface area contributed by atoms with Crippen molar-refractivity contribution in [2.75, 3.05) is 18.4 Å². The van der Waals surface area contributed by atoms with Crippen LogP contribution in [0.25, 0.3) is 0 Å². The summed E-state index contributed by atoms with van der Waals surface area (Å²) in [6, 6.07) is 3.93. The molecule has 1 unspecified atom stereocenters. The van der Waals surface area contributed by atoms with Crippen molar-refractivity contribution < 1.29 is 17.6 Å². The number of carbonyl (C=O) groups is 1. The highest BCUT2D eigenvalue weighted by Crippen LogP contribution is 2.19. The Morgan fingerprint density at radius 2 is 2.00 bits per heavy atom. The quantitative estimate of drug-likeness (QED) is 0.710. The van der Waals surface area contributed by atoms with Gasteiger partial charge in [-0.1, -0.05) is 18.6 Å². The van der Waals surface area contributed by atoms with Crippen LogP contribution in [0.2, 0.25) is 0 Å². The molecule has 2 N–H and O–H groups in total. The Labute approximate surface area is 168 Å². The van der Waals surface area contributed by atoms with Crippen LogP contribution in [0.4, 0.5) is 9.52 Å². The molecule has 1 aliphatic rings. The lowest BCUT2D eigenvalue weighted by Crippen LogP contribution is -2.41. The van der Waals surface area contributed by atoms with Gasteiger partial charge in [0.15, 0.2) is 5.13 Å². The van der Waals surface area contributed by atoms with E-state index in [1.807, 2.05) is 5.38 Å². The molecule has 0 aliphatic carbocycles. The first-order valence-electron chi connectivity index (χ1n) is 9.09. The number of hydrogen-bond acceptors (Lipinski definition) is 6. The Balaban J connectivity index is 1.58. The number of anilines is 1. The SMILES string of the molecule is CC(NS(=O)(=O)c1ccccc1F)C(=O)Nc1nc(CN2CCCCC2)cs1. The molecular formula is C18H23FN4O3S2. The van der Waals surface area contributed by atoms with Gasteiger partial charge in [0.2, 0.25) is 15.9 Å². The summed E-state index contributed by atoms with van der Waals surface area (Å²) in [5, 5.41) is 4.92. The molecule has 1 aromatic heterocycles. The molecule has 1 fully saturated rings. The van der Waals surface area contributed by atoms with Crippen molar-refractivity contribution in [1.82, 2.24) is 14.6 Å². The highest BCUT2D eigenvalue weighted by molar-refractivity contribution is 7.89. The fourth-order valence-electron chi connectivity index (χ4n) is 3.01. The number of hydrogen-bond donors (Lipinski definition) is 2. The second-order valence-corrected chi connectivity index (χ2v) is 9.28. The minimum atomic E-state index is -4.15. The van der Waals surface area contributed by atoms with Crippen LogP contribution in [0.1, 0.15) is 31.9 Å². The summed E-state index contributed by atoms with van der Waals surface area (Å²) in [5.41, 5.74) is 0.877. The molecule has 10 heteroatoms. The predicted octanol–water partition coefficient (Wildman–Crippen LogP) is 2.57. The van der Waals surface area contributed by atoms with E-state index in [0.29, 0.717) is 5.13 Å². The summed E-state index contributed by atoms with van der Waals surface area (Å²) < 4.78 is 40.5. The lowest BCUT2D eigenvalue weighted by atomic mass is 10.1. The third-order valence-electron chi connectivity index (χ3n) is 4.47. The van der Waals surface area contributed by atoms with Crippen LogP contribution < -0.4 is 10.0 Å². The van der Waals surface area contributed by atoms with Crippen molar-refractivity contribution in [3.8, 4) is 0 Å². The van der Waals surface area contributed by atoms with E-state index < -0.39 is 32.7 Å². The molecule has 2 aromatic rings. The maximum atomic E-state index is 13.7. The number of sulfonamides is 1. The lowest BCUT2D eigenvalue weighted by Gasteiger charge is -2.25. The fraction of sp³-hybridized carbons (Fsp3) is 0.444. The normalized spacial score (nSPS) is 16.6. The molecule has 28 heavy (non-hydrogen) atoms. The summed E-state index contributed by atoms with van der Waals surface area (Å²) in [6.07, 6.45) is 3.64. The number of rotatable bonds is 7. The van der Waals surface area contributed by atoms with E-state index in [-0.39, 0.29) is 0 Å². The number of piperidine rings is 1. The molecule has 152 valence electrons. The fourth-order valence-corrected chi connectivity index (χ4v) is 5.00. The first kappa shape index (κ1) is 20.8. The van der Waals surface area contributed by atoms with Crippen molar-refractivity contribution in [3.05, 3.63) is 41.2 Å². The van der Waals surface area contributed by atoms with Crippen molar-refractivity contribution >= 4 is 32.4 Å². The minimum Gasteiger partial charge on any atom is -0.301 e. The van der Waals surface area contributed by atoms with E-state index in [4.69, 9.17) is 0 Å². The molecule has 0 radical (unpaired) electrons. The van der Waals surface area contributed by atoms with Crippen molar-refractivity contribution in [1.29, 1.82) is 0 Å². The number of nitrogens with zero attached hydrogens (tertiary/aromatic N) is 2. The number of benzene rings is 1. The number of halogens is 1. The van der Waals surface area contributed by atoms with Gasteiger partial charge in [-0.2, -0.15) is 4.72 Å². The maximum Gasteiger partial charge on any atom is 0.244 e. The van der Waals surface area contributed by atoms with Crippen LogP contribution in [0.5, 0.6) is 0 Å². The van der Waals surface area contributed by atoms with Gasteiger partial charge in [-0.05, 0) is 45.0 Å². The molecule has 1 atom stereocenters. The van der Waals surface area contributed by atoms with Crippen LogP contribution in [-0.4, -0.2) is 43.3 Å². The first-order chi connectivity index (χ1) is 13.3. The van der Waals surface area contributed by atoms with E-state index in [2.05, 4.69) is 19.9 Å². The average Bonchev–Trinajstić information content (AvgIpc) is 3.09. The minimum absolute atomic E-state index is 0.411. The Hall–Kier alpha value is -1.88. The molecule has 1 aromatic carbocycles. The number of likely N-dealkylation sites (tertiary alicyclic amines) is 1. The maximum absolute atomic E-state index is 13.7. The summed E-state index contributed by atoms with van der Waals surface area (Å²) in [6.45, 7) is 4.24. The zero-order valence-electron chi connectivity index (χ0n) is 15.5. The Kier molecular flexibility index (Phi) is 6.76. The molecular weight excluding hydrogens is 403 g/mol. The van der Waals surface area contributed by atoms with Crippen molar-refractivity contribution in [2.24, 2.45) is 0 Å². The summed E-state index contributed by atoms with van der Waals surface area (Å²) in [5.74, 6) is -1.43. The van der Waals surface area contributed by atoms with Gasteiger partial charge in [-0.25, -0.2) is 17.8 Å². The van der Waals surface area contributed by atoms with E-state index >= 15 is 0 Å². The van der Waals surface area contributed by atoms with Gasteiger partial charge >= 0.3 is 0 Å². The van der Waals surface area contributed by atoms with Gasteiger partial charge in [-0.3, -0.25) is 9.69 Å². The Morgan fingerprint density at radius 1 is 1.29 bits per heavy atom. The average molecular weight is 427 g/mol. The van der Waals surface area contributed by atoms with E-state index in [0.717, 1.165) is 37.5 Å². The zero-order valence-corrected chi connectivity index (χ0v) is 17.2. The predicted molar refractivity (Wildman–Crippen MR) is 106 cm³/mol. The van der Waals surface area contributed by atoms with Crippen LogP contribution in [0.3, 0.4) is 0 Å². The van der Waals surface area contributed by atoms with Gasteiger partial charge in [-0.15, -0.1) is 11.3 Å². The number of thiazole rings is 1. The van der Waals surface area contributed by atoms with Gasteiger partial charge < -0.3 is 5.32 Å². The molecule has 1 aliphatic heterocycles. The van der Waals surface area contributed by atoms with Crippen molar-refractivity contribution in [3.63, 3.8) is 0 Å². The number of carbonyl (C=O) groups excluding carboxylic acids is 1. The Morgan fingerprint density at radius 3 is 2.71 bits per heavy atom. The smallest absolute Gasteiger partial charge is 0.244 e. The Bertz CT molecular complexity index is 926. The number of amides is 1. The molecule has 7 nitrogen and oxygen atoms in total. The van der Waals surface area contributed by atoms with Crippen molar-refractivity contribution in [2.45, 2.75) is 43.7 Å². The summed E-state index contributed by atoms with van der Waals surface area (Å²) >= 11 is 1.29. The number of aromatic nitrogens is 1. The van der Waals surface area contributed by atoms with Gasteiger partial charge in [0, 0.05) is 11.9 Å². The van der Waals surface area contributed by atoms with Gasteiger partial charge in [0.05, 0.1) is 11.7 Å². The molecule has 3 rings (SSSR count). The highest BCUT2D eigenvalue weighted by Gasteiger charge is 2.25. The monoisotopic (exact) mass is 426 g/mol. The largest absolute Gasteiger partial charge is 0.301 e. The standard InChI is InChI=1S/C18H23FN4O3S2/c1-13(22-28(25,26)16-8-4-3-7-15(16)19)17(24)21-18-20-14(12-27-18)11-23-9-5-2-6-10-23/h3-4,7-8,12-13,22H,2,5-6,9-11H2,1H3,(H,20,21,24). The topological polar surface area (TPSA) is 91.4 Å². The molecule has 1 amide bonds.